The Morgan fingerprint density at radius 2 is 2.16 bits per heavy atom. The monoisotopic (exact) mass is 305 g/mol. The Balaban J connectivity index is 2.33. The van der Waals surface area contributed by atoms with Gasteiger partial charge in [-0.1, -0.05) is 6.92 Å². The van der Waals surface area contributed by atoms with Gasteiger partial charge in [-0.25, -0.2) is 18.1 Å². The minimum absolute atomic E-state index is 0.410. The van der Waals surface area contributed by atoms with Crippen molar-refractivity contribution in [3.8, 4) is 0 Å². The van der Waals surface area contributed by atoms with E-state index in [9.17, 15) is 8.42 Å². The Morgan fingerprint density at radius 3 is 2.74 bits per heavy atom. The summed E-state index contributed by atoms with van der Waals surface area (Å²) in [7, 11) is -3.24. The first-order chi connectivity index (χ1) is 8.95. The maximum Gasteiger partial charge on any atom is 0.215 e. The predicted molar refractivity (Wildman–Crippen MR) is 80.1 cm³/mol. The van der Waals surface area contributed by atoms with Gasteiger partial charge in [-0.3, -0.25) is 0 Å². The molecule has 1 heterocycles. The fraction of sp³-hybridized carbons (Fsp3) is 0.750. The molecule has 1 unspecified atom stereocenters. The number of hydrogen-bond donors (Lipinski definition) is 2. The van der Waals surface area contributed by atoms with Crippen molar-refractivity contribution < 1.29 is 8.42 Å². The standard InChI is InChI=1S/C12H23N3O2S2/c1-4-6-13-8-11(3)19(16,17)14-7-5-12-15-10(2)9-18-12/h9,11,13-14H,4-8H2,1-3H3. The molecule has 1 aromatic rings. The van der Waals surface area contributed by atoms with Crippen molar-refractivity contribution in [3.05, 3.63) is 16.1 Å². The summed E-state index contributed by atoms with van der Waals surface area (Å²) < 4.78 is 26.5. The number of nitrogens with one attached hydrogen (secondary N) is 2. The quantitative estimate of drug-likeness (QED) is 0.675. The topological polar surface area (TPSA) is 71.1 Å². The highest BCUT2D eigenvalue weighted by Crippen LogP contribution is 2.08. The van der Waals surface area contributed by atoms with Crippen LogP contribution in [-0.4, -0.2) is 38.3 Å². The van der Waals surface area contributed by atoms with Crippen molar-refractivity contribution in [1.29, 1.82) is 0 Å². The molecule has 5 nitrogen and oxygen atoms in total. The van der Waals surface area contributed by atoms with E-state index in [0.717, 1.165) is 23.7 Å². The van der Waals surface area contributed by atoms with E-state index in [1.54, 1.807) is 18.3 Å². The normalized spacial score (nSPS) is 13.6. The number of nitrogens with zero attached hydrogens (tertiary/aromatic N) is 1. The van der Waals surface area contributed by atoms with E-state index < -0.39 is 15.3 Å². The maximum absolute atomic E-state index is 12.0. The Kier molecular flexibility index (Phi) is 6.92. The molecule has 0 spiro atoms. The molecule has 0 amide bonds. The van der Waals surface area contributed by atoms with Gasteiger partial charge in [0.2, 0.25) is 10.0 Å². The SMILES string of the molecule is CCCNCC(C)S(=O)(=O)NCCc1nc(C)cs1. The summed E-state index contributed by atoms with van der Waals surface area (Å²) in [5, 5.41) is 5.65. The average molecular weight is 305 g/mol. The molecule has 0 aromatic carbocycles. The molecule has 0 aliphatic carbocycles. The molecule has 0 radical (unpaired) electrons. The van der Waals surface area contributed by atoms with Crippen LogP contribution >= 0.6 is 11.3 Å². The first kappa shape index (κ1) is 16.6. The average Bonchev–Trinajstić information content (AvgIpc) is 2.75. The second kappa shape index (κ2) is 7.94. The van der Waals surface area contributed by atoms with Gasteiger partial charge in [0.15, 0.2) is 0 Å². The Bertz CT molecular complexity index is 471. The molecular weight excluding hydrogens is 282 g/mol. The molecule has 1 aromatic heterocycles. The van der Waals surface area contributed by atoms with Crippen LogP contribution in [0.2, 0.25) is 0 Å². The third-order valence-electron chi connectivity index (χ3n) is 2.70. The lowest BCUT2D eigenvalue weighted by molar-refractivity contribution is 0.557. The minimum atomic E-state index is -3.24. The molecule has 2 N–H and O–H groups in total. The number of hydrogen-bond acceptors (Lipinski definition) is 5. The highest BCUT2D eigenvalue weighted by Gasteiger charge is 2.19. The van der Waals surface area contributed by atoms with Crippen LogP contribution in [0, 0.1) is 6.92 Å². The first-order valence-corrected chi connectivity index (χ1v) is 8.98. The summed E-state index contributed by atoms with van der Waals surface area (Å²) in [5.74, 6) is 0. The lowest BCUT2D eigenvalue weighted by Crippen LogP contribution is -2.39. The van der Waals surface area contributed by atoms with Gasteiger partial charge in [0.1, 0.15) is 0 Å². The van der Waals surface area contributed by atoms with E-state index >= 15 is 0 Å². The molecule has 19 heavy (non-hydrogen) atoms. The summed E-state index contributed by atoms with van der Waals surface area (Å²) in [6.45, 7) is 7.45. The molecule has 0 aliphatic heterocycles. The van der Waals surface area contributed by atoms with Gasteiger partial charge in [-0.05, 0) is 26.8 Å². The third kappa shape index (κ3) is 5.99. The zero-order chi connectivity index (χ0) is 14.3. The molecule has 0 saturated heterocycles. The third-order valence-corrected chi connectivity index (χ3v) is 5.56. The molecule has 1 atom stereocenters. The minimum Gasteiger partial charge on any atom is -0.315 e. The highest BCUT2D eigenvalue weighted by atomic mass is 32.2. The second-order valence-corrected chi connectivity index (χ2v) is 7.71. The van der Waals surface area contributed by atoms with Gasteiger partial charge >= 0.3 is 0 Å². The molecule has 1 rings (SSSR count). The van der Waals surface area contributed by atoms with Crippen molar-refractivity contribution in [2.45, 2.75) is 38.9 Å². The number of aromatic nitrogens is 1. The maximum atomic E-state index is 12.0. The summed E-state index contributed by atoms with van der Waals surface area (Å²) in [6.07, 6.45) is 1.65. The Hall–Kier alpha value is -0.500. The summed E-state index contributed by atoms with van der Waals surface area (Å²) in [4.78, 5) is 4.31. The van der Waals surface area contributed by atoms with Crippen LogP contribution in [0.1, 0.15) is 31.0 Å². The lowest BCUT2D eigenvalue weighted by Gasteiger charge is -2.14. The van der Waals surface area contributed by atoms with Crippen LogP contribution in [0.4, 0.5) is 0 Å². The Morgan fingerprint density at radius 1 is 1.42 bits per heavy atom. The molecule has 7 heteroatoms. The fourth-order valence-corrected chi connectivity index (χ4v) is 3.34. The zero-order valence-corrected chi connectivity index (χ0v) is 13.4. The van der Waals surface area contributed by atoms with Crippen molar-refractivity contribution in [2.24, 2.45) is 0 Å². The molecule has 0 saturated carbocycles. The zero-order valence-electron chi connectivity index (χ0n) is 11.8. The van der Waals surface area contributed by atoms with Crippen molar-refractivity contribution in [1.82, 2.24) is 15.0 Å². The van der Waals surface area contributed by atoms with E-state index in [1.807, 2.05) is 12.3 Å². The Labute approximate surface area is 119 Å². The number of rotatable bonds is 9. The van der Waals surface area contributed by atoms with Crippen LogP contribution in [-0.2, 0) is 16.4 Å². The van der Waals surface area contributed by atoms with Crippen LogP contribution in [0.3, 0.4) is 0 Å². The van der Waals surface area contributed by atoms with E-state index in [4.69, 9.17) is 0 Å². The fourth-order valence-electron chi connectivity index (χ4n) is 1.55. The second-order valence-electron chi connectivity index (χ2n) is 4.59. The van der Waals surface area contributed by atoms with Gasteiger partial charge in [0.05, 0.1) is 10.3 Å². The number of aryl methyl sites for hydroxylation is 1. The van der Waals surface area contributed by atoms with Gasteiger partial charge in [0.25, 0.3) is 0 Å². The molecule has 0 aliphatic rings. The van der Waals surface area contributed by atoms with Crippen LogP contribution in [0.15, 0.2) is 5.38 Å². The van der Waals surface area contributed by atoms with Crippen molar-refractivity contribution in [2.75, 3.05) is 19.6 Å². The molecule has 0 fully saturated rings. The molecule has 0 bridgehead atoms. The van der Waals surface area contributed by atoms with E-state index in [-0.39, 0.29) is 0 Å². The van der Waals surface area contributed by atoms with Crippen molar-refractivity contribution in [3.63, 3.8) is 0 Å². The van der Waals surface area contributed by atoms with Crippen LogP contribution < -0.4 is 10.0 Å². The van der Waals surface area contributed by atoms with Gasteiger partial charge in [0, 0.05) is 30.6 Å². The van der Waals surface area contributed by atoms with Crippen LogP contribution in [0.25, 0.3) is 0 Å². The van der Waals surface area contributed by atoms with Crippen LogP contribution in [0.5, 0.6) is 0 Å². The van der Waals surface area contributed by atoms with E-state index in [1.165, 1.54) is 0 Å². The number of sulfonamides is 1. The van der Waals surface area contributed by atoms with E-state index in [2.05, 4.69) is 21.9 Å². The van der Waals surface area contributed by atoms with Gasteiger partial charge in [-0.15, -0.1) is 11.3 Å². The highest BCUT2D eigenvalue weighted by molar-refractivity contribution is 7.90. The first-order valence-electron chi connectivity index (χ1n) is 6.56. The predicted octanol–water partition coefficient (Wildman–Crippen LogP) is 1.30. The van der Waals surface area contributed by atoms with E-state index in [0.29, 0.717) is 19.5 Å². The summed E-state index contributed by atoms with van der Waals surface area (Å²) in [5.41, 5.74) is 0.986. The molecular formula is C12H23N3O2S2. The largest absolute Gasteiger partial charge is 0.315 e. The molecule has 110 valence electrons. The lowest BCUT2D eigenvalue weighted by atomic mass is 10.4. The van der Waals surface area contributed by atoms with Crippen molar-refractivity contribution >= 4 is 21.4 Å². The smallest absolute Gasteiger partial charge is 0.215 e. The van der Waals surface area contributed by atoms with Gasteiger partial charge in [-0.2, -0.15) is 0 Å². The van der Waals surface area contributed by atoms with Gasteiger partial charge < -0.3 is 5.32 Å². The summed E-state index contributed by atoms with van der Waals surface area (Å²) >= 11 is 1.57. The number of thiazole rings is 1. The summed E-state index contributed by atoms with van der Waals surface area (Å²) in [6, 6.07) is 0.